The van der Waals surface area contributed by atoms with Crippen LogP contribution in [0, 0.1) is 13.8 Å². The Balaban J connectivity index is 1.20. The Morgan fingerprint density at radius 3 is 1.25 bits per heavy atom. The highest BCUT2D eigenvalue weighted by molar-refractivity contribution is 6.16. The van der Waals surface area contributed by atoms with E-state index in [1.54, 1.807) is 0 Å². The number of hydrogen-bond acceptors (Lipinski definition) is 1. The molecule has 0 radical (unpaired) electrons. The molecule has 0 spiro atoms. The lowest BCUT2D eigenvalue weighted by atomic mass is 9.85. The number of nitrogens with one attached hydrogen (secondary N) is 1. The van der Waals surface area contributed by atoms with E-state index < -0.39 is 0 Å². The zero-order valence-electron chi connectivity index (χ0n) is 31.7. The van der Waals surface area contributed by atoms with Crippen molar-refractivity contribution in [2.24, 2.45) is 0 Å². The van der Waals surface area contributed by atoms with E-state index in [0.717, 1.165) is 6.42 Å². The minimum Gasteiger partial charge on any atom is -0.361 e. The molecule has 1 aliphatic rings. The van der Waals surface area contributed by atoms with E-state index in [1.165, 1.54) is 111 Å². The Morgan fingerprint density at radius 2 is 0.750 bits per heavy atom. The van der Waals surface area contributed by atoms with Gasteiger partial charge in [0.05, 0.1) is 5.69 Å². The van der Waals surface area contributed by atoms with Crippen LogP contribution in [0.25, 0.3) is 88.3 Å². The lowest BCUT2D eigenvalue weighted by molar-refractivity contribution is 1.26. The molecule has 0 atom stereocenters. The first kappa shape index (κ1) is 33.6. The van der Waals surface area contributed by atoms with Crippen molar-refractivity contribution in [3.63, 3.8) is 0 Å². The first-order chi connectivity index (χ1) is 27.6. The summed E-state index contributed by atoms with van der Waals surface area (Å²) >= 11 is 0. The molecule has 1 aliphatic heterocycles. The summed E-state index contributed by atoms with van der Waals surface area (Å²) in [7, 11) is 0. The van der Waals surface area contributed by atoms with Gasteiger partial charge in [0.1, 0.15) is 0 Å². The second-order valence-electron chi connectivity index (χ2n) is 15.1. The molecule has 0 aliphatic carbocycles. The Morgan fingerprint density at radius 1 is 0.339 bits per heavy atom. The van der Waals surface area contributed by atoms with Crippen LogP contribution in [0.3, 0.4) is 0 Å². The fourth-order valence-corrected chi connectivity index (χ4v) is 8.65. The predicted molar refractivity (Wildman–Crippen MR) is 240 cm³/mol. The van der Waals surface area contributed by atoms with E-state index in [0.29, 0.717) is 0 Å². The average Bonchev–Trinajstić information content (AvgIpc) is 3.27. The van der Waals surface area contributed by atoms with Gasteiger partial charge in [-0.15, -0.1) is 0 Å². The third-order valence-corrected chi connectivity index (χ3v) is 11.5. The number of anilines is 1. The lowest BCUT2D eigenvalue weighted by Crippen LogP contribution is -2.02. The largest absolute Gasteiger partial charge is 0.361 e. The van der Waals surface area contributed by atoms with Gasteiger partial charge in [-0.05, 0) is 139 Å². The molecule has 0 saturated carbocycles. The van der Waals surface area contributed by atoms with Crippen molar-refractivity contribution in [3.8, 4) is 66.8 Å². The van der Waals surface area contributed by atoms with Crippen LogP contribution in [0.15, 0.2) is 194 Å². The quantitative estimate of drug-likeness (QED) is 0.169. The van der Waals surface area contributed by atoms with Gasteiger partial charge in [-0.3, -0.25) is 0 Å². The van der Waals surface area contributed by atoms with E-state index in [1.807, 2.05) is 0 Å². The van der Waals surface area contributed by atoms with Gasteiger partial charge >= 0.3 is 0 Å². The molecule has 10 rings (SSSR count). The predicted octanol–water partition coefficient (Wildman–Crippen LogP) is 15.1. The van der Waals surface area contributed by atoms with E-state index in [-0.39, 0.29) is 0 Å². The first-order valence-electron chi connectivity index (χ1n) is 19.6. The van der Waals surface area contributed by atoms with Crippen molar-refractivity contribution in [2.45, 2.75) is 20.3 Å². The van der Waals surface area contributed by atoms with Crippen molar-refractivity contribution >= 4 is 27.2 Å². The molecule has 0 saturated heterocycles. The fourth-order valence-electron chi connectivity index (χ4n) is 8.65. The van der Waals surface area contributed by atoms with Gasteiger partial charge in [-0.1, -0.05) is 175 Å². The van der Waals surface area contributed by atoms with Crippen LogP contribution < -0.4 is 5.32 Å². The molecular formula is C55H41N. The normalized spacial score (nSPS) is 12.1. The molecule has 0 fully saturated rings. The summed E-state index contributed by atoms with van der Waals surface area (Å²) in [5, 5.41) is 8.73. The minimum atomic E-state index is 0.933. The summed E-state index contributed by atoms with van der Waals surface area (Å²) in [6.45, 7) is 4.29. The highest BCUT2D eigenvalue weighted by atomic mass is 14.9. The summed E-state index contributed by atoms with van der Waals surface area (Å²) < 4.78 is 0. The Hall–Kier alpha value is -6.96. The van der Waals surface area contributed by atoms with Gasteiger partial charge in [-0.2, -0.15) is 0 Å². The number of hydrogen-bond donors (Lipinski definition) is 1. The van der Waals surface area contributed by atoms with Crippen LogP contribution in [0.2, 0.25) is 0 Å². The van der Waals surface area contributed by atoms with Gasteiger partial charge in [0.2, 0.25) is 0 Å². The maximum atomic E-state index is 3.60. The van der Waals surface area contributed by atoms with Gasteiger partial charge in [0, 0.05) is 5.39 Å². The number of benzene rings is 9. The first-order valence-corrected chi connectivity index (χ1v) is 19.6. The fraction of sp³-hybridized carbons (Fsp3) is 0.0545. The molecule has 0 unspecified atom stereocenters. The van der Waals surface area contributed by atoms with Crippen LogP contribution in [0.1, 0.15) is 16.7 Å². The molecule has 0 amide bonds. The Bertz CT molecular complexity index is 2860. The summed E-state index contributed by atoms with van der Waals surface area (Å²) in [6, 6.07) is 67.5. The highest BCUT2D eigenvalue weighted by Crippen LogP contribution is 2.44. The van der Waals surface area contributed by atoms with Gasteiger partial charge in [0.15, 0.2) is 0 Å². The van der Waals surface area contributed by atoms with E-state index in [9.17, 15) is 0 Å². The van der Waals surface area contributed by atoms with E-state index >= 15 is 0 Å². The maximum Gasteiger partial charge on any atom is 0.0501 e. The SMILES string of the molecule is Cc1ccc(-c2ccccc2-c2cc(-c3ccccc3-c3ccc(C)cc3)cc(-c3ccccc3-c3ccc4c5c(c6ccccc6c4c3)CC=CN5)c2)cc1. The van der Waals surface area contributed by atoms with Crippen LogP contribution in [0.5, 0.6) is 0 Å². The standard InChI is InChI=1S/C55H41N/c1-36-21-25-38(26-22-36)44-12-3-6-15-47(44)41-32-42(48-16-7-4-13-45(48)39-27-23-37(2)24-28-39)34-43(33-41)49-17-8-5-14-46(49)40-29-30-53-54(35-40)51-19-10-9-18-50(51)52-20-11-31-56-55(52)53/h3-19,21-35,56H,20H2,1-2H3. The van der Waals surface area contributed by atoms with Crippen molar-refractivity contribution in [1.82, 2.24) is 0 Å². The van der Waals surface area contributed by atoms with Crippen LogP contribution in [-0.4, -0.2) is 0 Å². The second kappa shape index (κ2) is 14.0. The second-order valence-corrected chi connectivity index (χ2v) is 15.1. The molecule has 1 nitrogen and oxygen atoms in total. The third-order valence-electron chi connectivity index (χ3n) is 11.5. The van der Waals surface area contributed by atoms with Crippen molar-refractivity contribution in [2.75, 3.05) is 5.32 Å². The molecule has 9 aromatic carbocycles. The van der Waals surface area contributed by atoms with Crippen LogP contribution in [0.4, 0.5) is 5.69 Å². The number of allylic oxidation sites excluding steroid dienone is 1. The molecule has 1 N–H and O–H groups in total. The third kappa shape index (κ3) is 5.99. The maximum absolute atomic E-state index is 3.60. The smallest absolute Gasteiger partial charge is 0.0501 e. The summed E-state index contributed by atoms with van der Waals surface area (Å²) in [4.78, 5) is 0. The summed E-state index contributed by atoms with van der Waals surface area (Å²) in [6.07, 6.45) is 5.23. The number of rotatable bonds is 6. The number of aryl methyl sites for hydroxylation is 2. The Kier molecular flexibility index (Phi) is 8.42. The van der Waals surface area contributed by atoms with Gasteiger partial charge < -0.3 is 5.32 Å². The minimum absolute atomic E-state index is 0.933. The van der Waals surface area contributed by atoms with Gasteiger partial charge in [0.25, 0.3) is 0 Å². The summed E-state index contributed by atoms with van der Waals surface area (Å²) in [5.41, 5.74) is 19.6. The van der Waals surface area contributed by atoms with Gasteiger partial charge in [-0.25, -0.2) is 0 Å². The molecule has 266 valence electrons. The zero-order valence-corrected chi connectivity index (χ0v) is 31.7. The van der Waals surface area contributed by atoms with Crippen molar-refractivity contribution in [1.29, 1.82) is 0 Å². The molecule has 1 heterocycles. The average molecular weight is 716 g/mol. The van der Waals surface area contributed by atoms with E-state index in [4.69, 9.17) is 0 Å². The Labute approximate surface area is 329 Å². The molecule has 9 aromatic rings. The lowest BCUT2D eigenvalue weighted by Gasteiger charge is -2.20. The molecule has 0 aromatic heterocycles. The topological polar surface area (TPSA) is 12.0 Å². The monoisotopic (exact) mass is 715 g/mol. The molecule has 1 heteroatoms. The zero-order chi connectivity index (χ0) is 37.6. The molecular weight excluding hydrogens is 675 g/mol. The number of fused-ring (bicyclic) bond motifs is 6. The van der Waals surface area contributed by atoms with Crippen molar-refractivity contribution in [3.05, 3.63) is 211 Å². The molecule has 0 bridgehead atoms. The summed E-state index contributed by atoms with van der Waals surface area (Å²) in [5.74, 6) is 0. The highest BCUT2D eigenvalue weighted by Gasteiger charge is 2.19. The molecule has 56 heavy (non-hydrogen) atoms. The van der Waals surface area contributed by atoms with Crippen LogP contribution >= 0.6 is 0 Å². The van der Waals surface area contributed by atoms with Crippen LogP contribution in [-0.2, 0) is 6.42 Å². The van der Waals surface area contributed by atoms with Crippen molar-refractivity contribution < 1.29 is 0 Å². The van der Waals surface area contributed by atoms with E-state index in [2.05, 4.69) is 213 Å².